The summed E-state index contributed by atoms with van der Waals surface area (Å²) >= 11 is 5.95. The lowest BCUT2D eigenvalue weighted by Crippen LogP contribution is -2.40. The molecule has 1 amide bonds. The number of halogens is 1. The Morgan fingerprint density at radius 2 is 2.05 bits per heavy atom. The van der Waals surface area contributed by atoms with Crippen LogP contribution in [0.15, 0.2) is 42.7 Å². The Morgan fingerprint density at radius 1 is 1.27 bits per heavy atom. The van der Waals surface area contributed by atoms with E-state index in [4.69, 9.17) is 11.6 Å². The standard InChI is InChI=1S/C16H19ClN4O/c1-12(16(22)20-14-7-5-10-19-15(14)17)21(2)11-8-13-6-3-4-9-18-13/h3-7,9-10,12H,8,11H2,1-2H3,(H,20,22)/t12-/m1/s1. The number of anilines is 1. The van der Waals surface area contributed by atoms with Gasteiger partial charge in [0.15, 0.2) is 5.15 Å². The molecule has 1 N–H and O–H groups in total. The van der Waals surface area contributed by atoms with Gasteiger partial charge in [0.05, 0.1) is 11.7 Å². The van der Waals surface area contributed by atoms with Crippen LogP contribution in [0, 0.1) is 0 Å². The van der Waals surface area contributed by atoms with Gasteiger partial charge in [-0.2, -0.15) is 0 Å². The molecule has 0 fully saturated rings. The fraction of sp³-hybridized carbons (Fsp3) is 0.312. The van der Waals surface area contributed by atoms with Gasteiger partial charge in [0.2, 0.25) is 5.91 Å². The highest BCUT2D eigenvalue weighted by atomic mass is 35.5. The van der Waals surface area contributed by atoms with Gasteiger partial charge in [-0.15, -0.1) is 0 Å². The highest BCUT2D eigenvalue weighted by Gasteiger charge is 2.18. The average molecular weight is 319 g/mol. The van der Waals surface area contributed by atoms with Gasteiger partial charge in [-0.05, 0) is 38.2 Å². The molecule has 116 valence electrons. The molecule has 22 heavy (non-hydrogen) atoms. The lowest BCUT2D eigenvalue weighted by Gasteiger charge is -2.23. The molecule has 2 aromatic heterocycles. The maximum Gasteiger partial charge on any atom is 0.241 e. The van der Waals surface area contributed by atoms with Crippen LogP contribution in [0.3, 0.4) is 0 Å². The summed E-state index contributed by atoms with van der Waals surface area (Å²) in [6, 6.07) is 9.02. The minimum absolute atomic E-state index is 0.113. The second kappa shape index (κ2) is 7.87. The van der Waals surface area contributed by atoms with Gasteiger partial charge in [-0.1, -0.05) is 17.7 Å². The monoisotopic (exact) mass is 318 g/mol. The summed E-state index contributed by atoms with van der Waals surface area (Å²) in [4.78, 5) is 22.5. The summed E-state index contributed by atoms with van der Waals surface area (Å²) in [5, 5.41) is 3.09. The highest BCUT2D eigenvalue weighted by Crippen LogP contribution is 2.18. The van der Waals surface area contributed by atoms with E-state index in [1.807, 2.05) is 37.1 Å². The number of carbonyl (C=O) groups is 1. The Balaban J connectivity index is 1.88. The molecule has 0 spiro atoms. The smallest absolute Gasteiger partial charge is 0.241 e. The van der Waals surface area contributed by atoms with Crippen molar-refractivity contribution in [2.45, 2.75) is 19.4 Å². The quantitative estimate of drug-likeness (QED) is 0.832. The molecule has 2 rings (SSSR count). The van der Waals surface area contributed by atoms with E-state index in [0.29, 0.717) is 10.8 Å². The molecule has 0 aliphatic rings. The van der Waals surface area contributed by atoms with Crippen LogP contribution >= 0.6 is 11.6 Å². The van der Waals surface area contributed by atoms with Gasteiger partial charge >= 0.3 is 0 Å². The molecule has 2 heterocycles. The number of rotatable bonds is 6. The molecule has 0 aliphatic carbocycles. The zero-order chi connectivity index (χ0) is 15.9. The molecule has 0 radical (unpaired) electrons. The maximum atomic E-state index is 12.3. The molecule has 0 unspecified atom stereocenters. The topological polar surface area (TPSA) is 58.1 Å². The van der Waals surface area contributed by atoms with Crippen molar-refractivity contribution in [2.75, 3.05) is 18.9 Å². The Labute approximate surface area is 135 Å². The van der Waals surface area contributed by atoms with Crippen LogP contribution in [0.2, 0.25) is 5.15 Å². The fourth-order valence-corrected chi connectivity index (χ4v) is 2.11. The number of amides is 1. The largest absolute Gasteiger partial charge is 0.322 e. The van der Waals surface area contributed by atoms with E-state index < -0.39 is 0 Å². The van der Waals surface area contributed by atoms with Gasteiger partial charge < -0.3 is 5.32 Å². The molecule has 6 heteroatoms. The molecular formula is C16H19ClN4O. The van der Waals surface area contributed by atoms with Crippen molar-refractivity contribution in [1.82, 2.24) is 14.9 Å². The third kappa shape index (κ3) is 4.51. The van der Waals surface area contributed by atoms with Crippen molar-refractivity contribution in [2.24, 2.45) is 0 Å². The van der Waals surface area contributed by atoms with E-state index >= 15 is 0 Å². The summed E-state index contributed by atoms with van der Waals surface area (Å²) in [5.74, 6) is -0.113. The van der Waals surface area contributed by atoms with E-state index in [9.17, 15) is 4.79 Å². The number of hydrogen-bond donors (Lipinski definition) is 1. The molecule has 2 aromatic rings. The minimum Gasteiger partial charge on any atom is -0.322 e. The first kappa shape index (κ1) is 16.4. The summed E-state index contributed by atoms with van der Waals surface area (Å²) in [5.41, 5.74) is 1.54. The van der Waals surface area contributed by atoms with Crippen LogP contribution in [-0.4, -0.2) is 40.4 Å². The zero-order valence-corrected chi connectivity index (χ0v) is 13.4. The van der Waals surface area contributed by atoms with Crippen molar-refractivity contribution >= 4 is 23.2 Å². The normalized spacial score (nSPS) is 12.2. The van der Waals surface area contributed by atoms with E-state index in [1.54, 1.807) is 24.5 Å². The van der Waals surface area contributed by atoms with Crippen molar-refractivity contribution in [3.05, 3.63) is 53.6 Å². The first-order valence-corrected chi connectivity index (χ1v) is 7.47. The molecule has 0 saturated carbocycles. The van der Waals surface area contributed by atoms with Crippen molar-refractivity contribution in [3.63, 3.8) is 0 Å². The number of pyridine rings is 2. The van der Waals surface area contributed by atoms with Crippen LogP contribution < -0.4 is 5.32 Å². The van der Waals surface area contributed by atoms with Crippen LogP contribution in [0.1, 0.15) is 12.6 Å². The second-order valence-corrected chi connectivity index (χ2v) is 5.42. The first-order valence-electron chi connectivity index (χ1n) is 7.09. The van der Waals surface area contributed by atoms with Crippen LogP contribution in [0.5, 0.6) is 0 Å². The van der Waals surface area contributed by atoms with Gasteiger partial charge in [0.25, 0.3) is 0 Å². The molecule has 0 bridgehead atoms. The average Bonchev–Trinajstić information content (AvgIpc) is 2.55. The Kier molecular flexibility index (Phi) is 5.86. The van der Waals surface area contributed by atoms with Crippen LogP contribution in [0.4, 0.5) is 5.69 Å². The summed E-state index contributed by atoms with van der Waals surface area (Å²) in [7, 11) is 1.91. The van der Waals surface area contributed by atoms with Gasteiger partial charge in [-0.3, -0.25) is 14.7 Å². The molecule has 1 atom stereocenters. The lowest BCUT2D eigenvalue weighted by molar-refractivity contribution is -0.120. The van der Waals surface area contributed by atoms with Crippen molar-refractivity contribution < 1.29 is 4.79 Å². The van der Waals surface area contributed by atoms with Crippen molar-refractivity contribution in [1.29, 1.82) is 0 Å². The Morgan fingerprint density at radius 3 is 2.73 bits per heavy atom. The lowest BCUT2D eigenvalue weighted by atomic mass is 10.2. The third-order valence-corrected chi connectivity index (χ3v) is 3.81. The number of nitrogens with one attached hydrogen (secondary N) is 1. The van der Waals surface area contributed by atoms with Gasteiger partial charge in [0, 0.05) is 31.1 Å². The predicted molar refractivity (Wildman–Crippen MR) is 87.9 cm³/mol. The van der Waals surface area contributed by atoms with Gasteiger partial charge in [0.1, 0.15) is 0 Å². The third-order valence-electron chi connectivity index (χ3n) is 3.50. The van der Waals surface area contributed by atoms with Crippen molar-refractivity contribution in [3.8, 4) is 0 Å². The molecular weight excluding hydrogens is 300 g/mol. The number of hydrogen-bond acceptors (Lipinski definition) is 4. The SMILES string of the molecule is C[C@H](C(=O)Nc1cccnc1Cl)N(C)CCc1ccccn1. The summed E-state index contributed by atoms with van der Waals surface area (Å²) < 4.78 is 0. The summed E-state index contributed by atoms with van der Waals surface area (Å²) in [6.07, 6.45) is 4.15. The Hall–Kier alpha value is -1.98. The fourth-order valence-electron chi connectivity index (χ4n) is 1.95. The number of aromatic nitrogens is 2. The number of nitrogens with zero attached hydrogens (tertiary/aromatic N) is 3. The van der Waals surface area contributed by atoms with E-state index in [1.165, 1.54) is 0 Å². The van der Waals surface area contributed by atoms with E-state index in [0.717, 1.165) is 18.7 Å². The first-order chi connectivity index (χ1) is 10.6. The number of carbonyl (C=O) groups excluding carboxylic acids is 1. The van der Waals surface area contributed by atoms with E-state index in [-0.39, 0.29) is 11.9 Å². The van der Waals surface area contributed by atoms with Crippen LogP contribution in [-0.2, 0) is 11.2 Å². The van der Waals surface area contributed by atoms with E-state index in [2.05, 4.69) is 15.3 Å². The maximum absolute atomic E-state index is 12.3. The molecule has 0 aromatic carbocycles. The highest BCUT2D eigenvalue weighted by molar-refractivity contribution is 6.32. The minimum atomic E-state index is -0.278. The zero-order valence-electron chi connectivity index (χ0n) is 12.7. The Bertz CT molecular complexity index is 621. The molecule has 0 aliphatic heterocycles. The molecule has 5 nitrogen and oxygen atoms in total. The summed E-state index contributed by atoms with van der Waals surface area (Å²) in [6.45, 7) is 2.60. The predicted octanol–water partition coefficient (Wildman–Crippen LogP) is 2.63. The van der Waals surface area contributed by atoms with Crippen LogP contribution in [0.25, 0.3) is 0 Å². The van der Waals surface area contributed by atoms with Gasteiger partial charge in [-0.25, -0.2) is 4.98 Å². The molecule has 0 saturated heterocycles. The second-order valence-electron chi connectivity index (χ2n) is 5.06. The number of likely N-dealkylation sites (N-methyl/N-ethyl adjacent to an activating group) is 1.